The Morgan fingerprint density at radius 2 is 1.86 bits per heavy atom. The summed E-state index contributed by atoms with van der Waals surface area (Å²) in [4.78, 5) is 26.5. The second-order valence-corrected chi connectivity index (χ2v) is 7.86. The van der Waals surface area contributed by atoms with E-state index >= 15 is 0 Å². The molecule has 0 saturated heterocycles. The number of esters is 1. The molecule has 1 atom stereocenters. The van der Waals surface area contributed by atoms with Crippen molar-refractivity contribution in [1.29, 1.82) is 0 Å². The molecule has 1 amide bonds. The van der Waals surface area contributed by atoms with E-state index in [9.17, 15) is 9.59 Å². The van der Waals surface area contributed by atoms with Gasteiger partial charge < -0.3 is 19.5 Å². The highest BCUT2D eigenvalue weighted by Gasteiger charge is 2.22. The van der Waals surface area contributed by atoms with Crippen molar-refractivity contribution < 1.29 is 23.8 Å². The lowest BCUT2D eigenvalue weighted by molar-refractivity contribution is -0.129. The van der Waals surface area contributed by atoms with Gasteiger partial charge in [-0.2, -0.15) is 0 Å². The summed E-state index contributed by atoms with van der Waals surface area (Å²) in [5.74, 6) is 0.437. The molecule has 1 aliphatic carbocycles. The predicted molar refractivity (Wildman–Crippen MR) is 107 cm³/mol. The number of rotatable bonds is 7. The highest BCUT2D eigenvalue weighted by molar-refractivity contribution is 7.14. The molecule has 1 aromatic carbocycles. The Morgan fingerprint density at radius 3 is 2.57 bits per heavy atom. The van der Waals surface area contributed by atoms with Gasteiger partial charge >= 0.3 is 5.97 Å². The Hall–Kier alpha value is -2.54. The molecule has 0 fully saturated rings. The van der Waals surface area contributed by atoms with Crippen molar-refractivity contribution in [3.8, 4) is 11.5 Å². The lowest BCUT2D eigenvalue weighted by Gasteiger charge is -2.14. The minimum atomic E-state index is -0.869. The lowest BCUT2D eigenvalue weighted by atomic mass is 9.99. The van der Waals surface area contributed by atoms with E-state index in [1.807, 2.05) is 12.1 Å². The van der Waals surface area contributed by atoms with E-state index in [2.05, 4.69) is 5.32 Å². The monoisotopic (exact) mass is 403 g/mol. The van der Waals surface area contributed by atoms with E-state index in [0.29, 0.717) is 22.9 Å². The summed E-state index contributed by atoms with van der Waals surface area (Å²) < 4.78 is 15.8. The Labute approximate surface area is 168 Å². The zero-order valence-electron chi connectivity index (χ0n) is 16.4. The third-order valence-electron chi connectivity index (χ3n) is 4.77. The second-order valence-electron chi connectivity index (χ2n) is 6.72. The molecule has 0 radical (unpaired) electrons. The Balaban J connectivity index is 1.54. The van der Waals surface area contributed by atoms with E-state index < -0.39 is 12.1 Å². The zero-order valence-corrected chi connectivity index (χ0v) is 17.2. The molecule has 6 nitrogen and oxygen atoms in total. The average Bonchev–Trinajstić information content (AvgIpc) is 3.16. The standard InChI is InChI=1S/C21H25NO5S/c1-13(27-21(24)19-11-15-6-4-5-7-18(15)28-19)20(23)22-12-14-8-9-16(25-2)17(10-14)26-3/h8-11,13H,4-7,12H2,1-3H3,(H,22,23)/t13-/m1/s1. The number of nitrogens with one attached hydrogen (secondary N) is 1. The molecule has 0 bridgehead atoms. The van der Waals surface area contributed by atoms with Gasteiger partial charge in [-0.1, -0.05) is 6.07 Å². The largest absolute Gasteiger partial charge is 0.493 e. The number of benzene rings is 1. The van der Waals surface area contributed by atoms with E-state index in [-0.39, 0.29) is 5.91 Å². The maximum Gasteiger partial charge on any atom is 0.349 e. The SMILES string of the molecule is COc1ccc(CNC(=O)[C@@H](C)OC(=O)c2cc3c(s2)CCCC3)cc1OC. The van der Waals surface area contributed by atoms with Crippen molar-refractivity contribution in [1.82, 2.24) is 5.32 Å². The fourth-order valence-corrected chi connectivity index (χ4v) is 4.32. The first-order chi connectivity index (χ1) is 13.5. The molecule has 7 heteroatoms. The quantitative estimate of drug-likeness (QED) is 0.716. The van der Waals surface area contributed by atoms with Crippen LogP contribution in [0.4, 0.5) is 0 Å². The molecule has 0 saturated carbocycles. The lowest BCUT2D eigenvalue weighted by Crippen LogP contribution is -2.35. The molecule has 1 heterocycles. The first kappa shape index (κ1) is 20.2. The van der Waals surface area contributed by atoms with Crippen LogP contribution in [-0.2, 0) is 28.9 Å². The van der Waals surface area contributed by atoms with Gasteiger partial charge in [-0.05, 0) is 61.9 Å². The van der Waals surface area contributed by atoms with E-state index in [1.54, 1.807) is 33.3 Å². The van der Waals surface area contributed by atoms with Gasteiger partial charge in [0.2, 0.25) is 0 Å². The summed E-state index contributed by atoms with van der Waals surface area (Å²) >= 11 is 1.48. The van der Waals surface area contributed by atoms with Crippen LogP contribution in [0.25, 0.3) is 0 Å². The smallest absolute Gasteiger partial charge is 0.349 e. The van der Waals surface area contributed by atoms with Crippen LogP contribution in [0.3, 0.4) is 0 Å². The van der Waals surface area contributed by atoms with Crippen LogP contribution in [-0.4, -0.2) is 32.2 Å². The zero-order chi connectivity index (χ0) is 20.1. The Morgan fingerprint density at radius 1 is 1.11 bits per heavy atom. The number of hydrogen-bond acceptors (Lipinski definition) is 6. The topological polar surface area (TPSA) is 73.9 Å². The van der Waals surface area contributed by atoms with Gasteiger partial charge in [0.25, 0.3) is 5.91 Å². The normalized spacial score (nSPS) is 14.0. The first-order valence-electron chi connectivity index (χ1n) is 9.33. The van der Waals surface area contributed by atoms with Crippen molar-refractivity contribution in [2.24, 2.45) is 0 Å². The summed E-state index contributed by atoms with van der Waals surface area (Å²) in [6.45, 7) is 1.88. The number of aryl methyl sites for hydroxylation is 2. The molecule has 3 rings (SSSR count). The second kappa shape index (κ2) is 9.10. The number of thiophene rings is 1. The van der Waals surface area contributed by atoms with Gasteiger partial charge in [0.15, 0.2) is 17.6 Å². The summed E-state index contributed by atoms with van der Waals surface area (Å²) in [5.41, 5.74) is 2.10. The van der Waals surface area contributed by atoms with E-state index in [0.717, 1.165) is 31.2 Å². The van der Waals surface area contributed by atoms with Crippen molar-refractivity contribution in [3.05, 3.63) is 45.1 Å². The van der Waals surface area contributed by atoms with Crippen LogP contribution >= 0.6 is 11.3 Å². The van der Waals surface area contributed by atoms with Gasteiger partial charge in [0.1, 0.15) is 4.88 Å². The fraction of sp³-hybridized carbons (Fsp3) is 0.429. The molecular weight excluding hydrogens is 378 g/mol. The van der Waals surface area contributed by atoms with Crippen molar-refractivity contribution in [2.75, 3.05) is 14.2 Å². The van der Waals surface area contributed by atoms with Gasteiger partial charge in [0, 0.05) is 11.4 Å². The van der Waals surface area contributed by atoms with Crippen LogP contribution in [0.2, 0.25) is 0 Å². The number of ether oxygens (including phenoxy) is 3. The minimum Gasteiger partial charge on any atom is -0.493 e. The van der Waals surface area contributed by atoms with Crippen molar-refractivity contribution >= 4 is 23.2 Å². The van der Waals surface area contributed by atoms with Gasteiger partial charge in [0.05, 0.1) is 14.2 Å². The third kappa shape index (κ3) is 4.65. The van der Waals surface area contributed by atoms with Crippen LogP contribution in [0.5, 0.6) is 11.5 Å². The fourth-order valence-electron chi connectivity index (χ4n) is 3.19. The molecule has 0 aliphatic heterocycles. The summed E-state index contributed by atoms with van der Waals surface area (Å²) in [6, 6.07) is 7.33. The maximum atomic E-state index is 12.4. The number of fused-ring (bicyclic) bond motifs is 1. The molecule has 28 heavy (non-hydrogen) atoms. The summed E-state index contributed by atoms with van der Waals surface area (Å²) in [7, 11) is 3.13. The third-order valence-corrected chi connectivity index (χ3v) is 5.98. The Kier molecular flexibility index (Phi) is 6.57. The molecule has 2 aromatic rings. The van der Waals surface area contributed by atoms with Crippen LogP contribution in [0, 0.1) is 0 Å². The van der Waals surface area contributed by atoms with Crippen LogP contribution in [0.1, 0.15) is 45.4 Å². The molecule has 1 N–H and O–H groups in total. The first-order valence-corrected chi connectivity index (χ1v) is 10.1. The number of methoxy groups -OCH3 is 2. The van der Waals surface area contributed by atoms with Gasteiger partial charge in [-0.25, -0.2) is 4.79 Å². The molecule has 1 aliphatic rings. The highest BCUT2D eigenvalue weighted by atomic mass is 32.1. The molecule has 0 spiro atoms. The van der Waals surface area contributed by atoms with Crippen molar-refractivity contribution in [2.45, 2.75) is 45.3 Å². The van der Waals surface area contributed by atoms with Crippen LogP contribution < -0.4 is 14.8 Å². The summed E-state index contributed by atoms with van der Waals surface area (Å²) in [6.07, 6.45) is 3.49. The van der Waals surface area contributed by atoms with Crippen LogP contribution in [0.15, 0.2) is 24.3 Å². The van der Waals surface area contributed by atoms with E-state index in [1.165, 1.54) is 21.8 Å². The maximum absolute atomic E-state index is 12.4. The molecular formula is C21H25NO5S. The molecule has 1 aromatic heterocycles. The highest BCUT2D eigenvalue weighted by Crippen LogP contribution is 2.30. The number of amides is 1. The van der Waals surface area contributed by atoms with Crippen molar-refractivity contribution in [3.63, 3.8) is 0 Å². The van der Waals surface area contributed by atoms with Gasteiger partial charge in [-0.3, -0.25) is 4.79 Å². The van der Waals surface area contributed by atoms with E-state index in [4.69, 9.17) is 14.2 Å². The average molecular weight is 404 g/mol. The molecule has 0 unspecified atom stereocenters. The minimum absolute atomic E-state index is 0.300. The number of hydrogen-bond donors (Lipinski definition) is 1. The number of carbonyl (C=O) groups excluding carboxylic acids is 2. The Bertz CT molecular complexity index is 837. The summed E-state index contributed by atoms with van der Waals surface area (Å²) in [5, 5.41) is 2.78. The predicted octanol–water partition coefficient (Wildman–Crippen LogP) is 3.51. The number of carbonyl (C=O) groups is 2. The molecule has 150 valence electrons. The van der Waals surface area contributed by atoms with Gasteiger partial charge in [-0.15, -0.1) is 11.3 Å².